The summed E-state index contributed by atoms with van der Waals surface area (Å²) in [5.74, 6) is -3.90. The monoisotopic (exact) mass is 696 g/mol. The third-order valence-electron chi connectivity index (χ3n) is 8.74. The van der Waals surface area contributed by atoms with Gasteiger partial charge < -0.3 is 42.6 Å². The number of fused-ring (bicyclic) bond motifs is 1. The summed E-state index contributed by atoms with van der Waals surface area (Å²) in [7, 11) is 0. The van der Waals surface area contributed by atoms with Gasteiger partial charge in [0.05, 0.1) is 0 Å². The van der Waals surface area contributed by atoms with Gasteiger partial charge in [-0.15, -0.1) is 0 Å². The van der Waals surface area contributed by atoms with E-state index in [-0.39, 0.29) is 50.0 Å². The van der Waals surface area contributed by atoms with E-state index in [1.54, 1.807) is 20.0 Å². The molecule has 1 fully saturated rings. The first kappa shape index (κ1) is 40.0. The topological polar surface area (TPSA) is 216 Å². The fourth-order valence-electron chi connectivity index (χ4n) is 6.00. The lowest BCUT2D eigenvalue weighted by Gasteiger charge is -2.30. The molecule has 14 heteroatoms. The molecular formula is C36H56N8O6. The van der Waals surface area contributed by atoms with E-state index in [9.17, 15) is 28.8 Å². The highest BCUT2D eigenvalue weighted by molar-refractivity contribution is 5.98. The van der Waals surface area contributed by atoms with E-state index < -0.39 is 71.7 Å². The fourth-order valence-corrected chi connectivity index (χ4v) is 6.00. The summed E-state index contributed by atoms with van der Waals surface area (Å²) in [5, 5.41) is 17.5. The van der Waals surface area contributed by atoms with E-state index >= 15 is 0 Å². The second-order valence-corrected chi connectivity index (χ2v) is 14.5. The van der Waals surface area contributed by atoms with Gasteiger partial charge in [-0.05, 0) is 68.5 Å². The zero-order valence-electron chi connectivity index (χ0n) is 30.4. The van der Waals surface area contributed by atoms with Crippen LogP contribution in [0.5, 0.6) is 0 Å². The molecule has 276 valence electrons. The molecule has 0 spiro atoms. The van der Waals surface area contributed by atoms with Gasteiger partial charge in [0, 0.05) is 23.5 Å². The molecule has 1 aromatic carbocycles. The molecule has 9 N–H and O–H groups in total. The summed E-state index contributed by atoms with van der Waals surface area (Å²) >= 11 is 0. The number of carbonyl (C=O) groups excluding carboxylic acids is 6. The quantitative estimate of drug-likeness (QED) is 0.181. The molecule has 0 saturated carbocycles. The fraction of sp³-hybridized carbons (Fsp3) is 0.611. The van der Waals surface area contributed by atoms with Crippen molar-refractivity contribution in [3.8, 4) is 0 Å². The number of hydrogen-bond acceptors (Lipinski definition) is 7. The highest BCUT2D eigenvalue weighted by Crippen LogP contribution is 2.20. The molecule has 14 nitrogen and oxygen atoms in total. The largest absolute Gasteiger partial charge is 0.361 e. The number of para-hydroxylation sites is 1. The Hall–Kier alpha value is -4.46. The molecule has 6 atom stereocenters. The maximum Gasteiger partial charge on any atom is 0.243 e. The first-order chi connectivity index (χ1) is 23.6. The molecule has 1 aromatic heterocycles. The van der Waals surface area contributed by atoms with Gasteiger partial charge in [0.15, 0.2) is 0 Å². The Morgan fingerprint density at radius 3 is 1.74 bits per heavy atom. The number of aromatic amines is 1. The van der Waals surface area contributed by atoms with Gasteiger partial charge in [-0.1, -0.05) is 59.7 Å². The summed E-state index contributed by atoms with van der Waals surface area (Å²) in [6.07, 6.45) is 2.95. The van der Waals surface area contributed by atoms with Crippen LogP contribution in [-0.4, -0.2) is 83.2 Å². The first-order valence-electron chi connectivity index (χ1n) is 17.7. The van der Waals surface area contributed by atoms with E-state index in [0.29, 0.717) is 6.42 Å². The summed E-state index contributed by atoms with van der Waals surface area (Å²) in [5.41, 5.74) is 7.37. The Balaban J connectivity index is 2.08. The third kappa shape index (κ3) is 11.3. The van der Waals surface area contributed by atoms with Gasteiger partial charge in [-0.3, -0.25) is 28.8 Å². The molecule has 0 unspecified atom stereocenters. The SMILES string of the molecule is CC(C)C[C@@H]1NC(=O)[C@H](Cc2c[nH]c3ccccc23)NC(=O)[C@@H](CCCN)NC(=O)[C@H](C)NC(=O)[C@H](C(C)C)NC(=O)[C@@H](CC(C)C)NC1=O. The number of hydrogen-bond donors (Lipinski definition) is 8. The Morgan fingerprint density at radius 1 is 0.640 bits per heavy atom. The number of nitrogens with one attached hydrogen (secondary N) is 7. The number of H-pyrrole nitrogens is 1. The molecule has 1 aliphatic rings. The van der Waals surface area contributed by atoms with Crippen molar-refractivity contribution in [2.24, 2.45) is 23.5 Å². The van der Waals surface area contributed by atoms with Crippen LogP contribution in [0.1, 0.15) is 79.7 Å². The Morgan fingerprint density at radius 2 is 1.16 bits per heavy atom. The van der Waals surface area contributed by atoms with Crippen LogP contribution < -0.4 is 37.6 Å². The lowest BCUT2D eigenvalue weighted by molar-refractivity contribution is -0.137. The van der Waals surface area contributed by atoms with Gasteiger partial charge in [0.1, 0.15) is 36.3 Å². The highest BCUT2D eigenvalue weighted by atomic mass is 16.2. The summed E-state index contributed by atoms with van der Waals surface area (Å²) in [6, 6.07) is 1.21. The number of nitrogens with two attached hydrogens (primary N) is 1. The van der Waals surface area contributed by atoms with E-state index in [0.717, 1.165) is 16.5 Å². The molecule has 1 aliphatic heterocycles. The molecule has 3 rings (SSSR count). The second-order valence-electron chi connectivity index (χ2n) is 14.5. The van der Waals surface area contributed by atoms with Crippen LogP contribution in [0.3, 0.4) is 0 Å². The number of aromatic nitrogens is 1. The lowest BCUT2D eigenvalue weighted by Crippen LogP contribution is -2.62. The molecule has 1 saturated heterocycles. The molecule has 6 amide bonds. The van der Waals surface area contributed by atoms with Crippen LogP contribution in [0.4, 0.5) is 0 Å². The minimum atomic E-state index is -1.14. The predicted octanol–water partition coefficient (Wildman–Crippen LogP) is 1.14. The minimum Gasteiger partial charge on any atom is -0.361 e. The van der Waals surface area contributed by atoms with Crippen molar-refractivity contribution in [2.75, 3.05) is 6.54 Å². The smallest absolute Gasteiger partial charge is 0.243 e. The number of rotatable bonds is 10. The first-order valence-corrected chi connectivity index (χ1v) is 17.7. The molecule has 2 aromatic rings. The minimum absolute atomic E-state index is 0.0000702. The van der Waals surface area contributed by atoms with Gasteiger partial charge >= 0.3 is 0 Å². The van der Waals surface area contributed by atoms with Gasteiger partial charge in [-0.2, -0.15) is 0 Å². The molecule has 2 heterocycles. The average molecular weight is 697 g/mol. The lowest BCUT2D eigenvalue weighted by atomic mass is 9.97. The zero-order valence-corrected chi connectivity index (χ0v) is 30.4. The Bertz CT molecular complexity index is 1500. The van der Waals surface area contributed by atoms with E-state index in [1.807, 2.05) is 52.0 Å². The predicted molar refractivity (Wildman–Crippen MR) is 191 cm³/mol. The van der Waals surface area contributed by atoms with Gasteiger partial charge in [-0.25, -0.2) is 0 Å². The van der Waals surface area contributed by atoms with Crippen LogP contribution in [0.2, 0.25) is 0 Å². The van der Waals surface area contributed by atoms with E-state index in [2.05, 4.69) is 36.9 Å². The van der Waals surface area contributed by atoms with E-state index in [1.165, 1.54) is 6.92 Å². The van der Waals surface area contributed by atoms with Crippen molar-refractivity contribution in [3.05, 3.63) is 36.0 Å². The zero-order chi connectivity index (χ0) is 37.1. The van der Waals surface area contributed by atoms with Gasteiger partial charge in [0.25, 0.3) is 0 Å². The maximum atomic E-state index is 14.1. The van der Waals surface area contributed by atoms with Crippen molar-refractivity contribution in [2.45, 2.75) is 117 Å². The summed E-state index contributed by atoms with van der Waals surface area (Å²) < 4.78 is 0. The van der Waals surface area contributed by atoms with Crippen molar-refractivity contribution >= 4 is 46.3 Å². The number of amides is 6. The Labute approximate surface area is 294 Å². The third-order valence-corrected chi connectivity index (χ3v) is 8.74. The van der Waals surface area contributed by atoms with Crippen molar-refractivity contribution in [1.29, 1.82) is 0 Å². The van der Waals surface area contributed by atoms with Crippen molar-refractivity contribution < 1.29 is 28.8 Å². The van der Waals surface area contributed by atoms with Crippen molar-refractivity contribution in [1.82, 2.24) is 36.9 Å². The van der Waals surface area contributed by atoms with Gasteiger partial charge in [0.2, 0.25) is 35.4 Å². The summed E-state index contributed by atoms with van der Waals surface area (Å²) in [6.45, 7) is 12.9. The molecule has 0 bridgehead atoms. The van der Waals surface area contributed by atoms with Crippen LogP contribution in [-0.2, 0) is 35.2 Å². The highest BCUT2D eigenvalue weighted by Gasteiger charge is 2.35. The summed E-state index contributed by atoms with van der Waals surface area (Å²) in [4.78, 5) is 85.5. The number of benzene rings is 1. The van der Waals surface area contributed by atoms with Crippen LogP contribution in [0.25, 0.3) is 10.9 Å². The molecule has 50 heavy (non-hydrogen) atoms. The van der Waals surface area contributed by atoms with Crippen LogP contribution in [0.15, 0.2) is 30.5 Å². The molecular weight excluding hydrogens is 640 g/mol. The van der Waals surface area contributed by atoms with Crippen LogP contribution >= 0.6 is 0 Å². The standard InChI is InChI=1S/C36H56N8O6/c1-19(2)15-27-33(47)42-28(16-20(3)4)35(49)44-30(21(5)6)36(50)39-22(7)31(45)40-26(13-10-14-37)32(46)43-29(34(48)41-27)17-23-18-38-25-12-9-8-11-24(23)25/h8-9,11-12,18-22,26-30,38H,10,13-17,37H2,1-7H3,(H,39,50)(H,40,45)(H,41,48)(H,42,47)(H,43,46)(H,44,49)/t22-,26+,27-,28+,29-,30-/m0/s1. The normalized spacial score (nSPS) is 25.0. The molecule has 0 radical (unpaired) electrons. The second kappa shape index (κ2) is 18.5. The van der Waals surface area contributed by atoms with Crippen LogP contribution in [0, 0.1) is 17.8 Å². The maximum absolute atomic E-state index is 14.1. The molecule has 0 aliphatic carbocycles. The van der Waals surface area contributed by atoms with E-state index in [4.69, 9.17) is 5.73 Å². The number of carbonyl (C=O) groups is 6. The van der Waals surface area contributed by atoms with Crippen molar-refractivity contribution in [3.63, 3.8) is 0 Å². The Kier molecular flexibility index (Phi) is 14.8. The average Bonchev–Trinajstić information content (AvgIpc) is 3.45.